The number of rotatable bonds is 3. The highest BCUT2D eigenvalue weighted by Gasteiger charge is 2.33. The Bertz CT molecular complexity index is 1140. The van der Waals surface area contributed by atoms with Crippen LogP contribution in [0.15, 0.2) is 41.3 Å². The summed E-state index contributed by atoms with van der Waals surface area (Å²) in [6.07, 6.45) is -0.701. The molecule has 1 fully saturated rings. The second-order valence-electron chi connectivity index (χ2n) is 7.57. The molecule has 2 aromatic carbocycles. The summed E-state index contributed by atoms with van der Waals surface area (Å²) in [6, 6.07) is 9.68. The average Bonchev–Trinajstić information content (AvgIpc) is 2.74. The van der Waals surface area contributed by atoms with E-state index in [9.17, 15) is 18.0 Å². The molecule has 0 bridgehead atoms. The molecule has 1 N–H and O–H groups in total. The highest BCUT2D eigenvalue weighted by molar-refractivity contribution is 7.89. The minimum Gasteiger partial charge on any atom is -0.479 e. The smallest absolute Gasteiger partial charge is 0.265 e. The Labute approximate surface area is 185 Å². The Kier molecular flexibility index (Phi) is 5.67. The molecule has 0 spiro atoms. The van der Waals surface area contributed by atoms with Gasteiger partial charge in [-0.2, -0.15) is 4.31 Å². The van der Waals surface area contributed by atoms with Crippen LogP contribution in [0.2, 0.25) is 5.02 Å². The fourth-order valence-electron chi connectivity index (χ4n) is 3.67. The summed E-state index contributed by atoms with van der Waals surface area (Å²) in [4.78, 5) is 26.2. The molecule has 164 valence electrons. The van der Waals surface area contributed by atoms with Gasteiger partial charge in [0.15, 0.2) is 6.10 Å². The van der Waals surface area contributed by atoms with E-state index in [1.165, 1.54) is 10.4 Å². The third kappa shape index (κ3) is 4.13. The Hall–Kier alpha value is -2.62. The Morgan fingerprint density at radius 3 is 2.42 bits per heavy atom. The van der Waals surface area contributed by atoms with Gasteiger partial charge in [-0.15, -0.1) is 0 Å². The number of aryl methyl sites for hydroxylation is 1. The van der Waals surface area contributed by atoms with Crippen molar-refractivity contribution in [2.45, 2.75) is 24.8 Å². The molecule has 1 saturated heterocycles. The summed E-state index contributed by atoms with van der Waals surface area (Å²) >= 11 is 5.87. The second kappa shape index (κ2) is 8.14. The molecule has 2 heterocycles. The number of benzene rings is 2. The number of fused-ring (bicyclic) bond motifs is 1. The van der Waals surface area contributed by atoms with Gasteiger partial charge in [0.1, 0.15) is 5.75 Å². The molecule has 0 aliphatic carbocycles. The number of nitrogens with one attached hydrogen (secondary N) is 1. The summed E-state index contributed by atoms with van der Waals surface area (Å²) in [7, 11) is -3.79. The first kappa shape index (κ1) is 21.6. The fourth-order valence-corrected chi connectivity index (χ4v) is 5.44. The molecule has 2 amide bonds. The number of carbonyl (C=O) groups is 2. The van der Waals surface area contributed by atoms with Crippen molar-refractivity contribution < 1.29 is 22.7 Å². The zero-order valence-corrected chi connectivity index (χ0v) is 18.7. The van der Waals surface area contributed by atoms with Crippen LogP contribution in [0.3, 0.4) is 0 Å². The van der Waals surface area contributed by atoms with Crippen LogP contribution in [0.5, 0.6) is 5.75 Å². The van der Waals surface area contributed by atoms with Gasteiger partial charge < -0.3 is 15.0 Å². The van der Waals surface area contributed by atoms with E-state index in [0.29, 0.717) is 27.6 Å². The number of ether oxygens (including phenoxy) is 1. The van der Waals surface area contributed by atoms with E-state index in [2.05, 4.69) is 5.32 Å². The lowest BCUT2D eigenvalue weighted by Crippen LogP contribution is -2.50. The van der Waals surface area contributed by atoms with Gasteiger partial charge in [-0.1, -0.05) is 11.6 Å². The largest absolute Gasteiger partial charge is 0.479 e. The number of anilines is 1. The second-order valence-corrected chi connectivity index (χ2v) is 9.91. The van der Waals surface area contributed by atoms with Crippen LogP contribution in [0.4, 0.5) is 5.69 Å². The van der Waals surface area contributed by atoms with Crippen molar-refractivity contribution in [3.8, 4) is 5.75 Å². The van der Waals surface area contributed by atoms with Gasteiger partial charge in [0.2, 0.25) is 10.0 Å². The lowest BCUT2D eigenvalue weighted by molar-refractivity contribution is -0.122. The Balaban J connectivity index is 1.51. The predicted molar refractivity (Wildman–Crippen MR) is 116 cm³/mol. The number of halogens is 1. The summed E-state index contributed by atoms with van der Waals surface area (Å²) in [5.41, 5.74) is 1.48. The maximum absolute atomic E-state index is 13.3. The first-order valence-electron chi connectivity index (χ1n) is 9.84. The summed E-state index contributed by atoms with van der Waals surface area (Å²) in [5.74, 6) is -0.103. The average molecular weight is 464 g/mol. The predicted octanol–water partition coefficient (Wildman–Crippen LogP) is 2.51. The van der Waals surface area contributed by atoms with Crippen LogP contribution in [0.1, 0.15) is 22.8 Å². The maximum atomic E-state index is 13.3. The molecule has 0 aromatic heterocycles. The molecule has 2 aliphatic heterocycles. The van der Waals surface area contributed by atoms with E-state index in [1.807, 2.05) is 0 Å². The number of hydrogen-bond acceptors (Lipinski definition) is 5. The van der Waals surface area contributed by atoms with Crippen molar-refractivity contribution in [2.75, 3.05) is 31.5 Å². The molecule has 10 heteroatoms. The van der Waals surface area contributed by atoms with Gasteiger partial charge >= 0.3 is 0 Å². The molecule has 8 nitrogen and oxygen atoms in total. The number of sulfonamides is 1. The molecule has 4 rings (SSSR count). The number of carbonyl (C=O) groups excluding carboxylic acids is 2. The summed E-state index contributed by atoms with van der Waals surface area (Å²) < 4.78 is 33.5. The maximum Gasteiger partial charge on any atom is 0.265 e. The highest BCUT2D eigenvalue weighted by Crippen LogP contribution is 2.35. The van der Waals surface area contributed by atoms with E-state index in [-0.39, 0.29) is 42.9 Å². The van der Waals surface area contributed by atoms with Gasteiger partial charge in [-0.05, 0) is 49.7 Å². The molecule has 2 aliphatic rings. The fraction of sp³-hybridized carbons (Fsp3) is 0.333. The van der Waals surface area contributed by atoms with Crippen molar-refractivity contribution in [1.82, 2.24) is 9.21 Å². The Morgan fingerprint density at radius 2 is 1.77 bits per heavy atom. The SMILES string of the molecule is Cc1cc2c(cc1S(=O)(=O)N1CCN(C(=O)c3ccc(Cl)cc3)CC1)O[C@H](C)C(=O)N2. The number of amides is 2. The standard InChI is InChI=1S/C21H22ClN3O5S/c1-13-11-17-18(30-14(2)20(26)23-17)12-19(13)31(28,29)25-9-7-24(8-10-25)21(27)15-3-5-16(22)6-4-15/h3-6,11-12,14H,7-10H2,1-2H3,(H,23,26)/t14-/m1/s1. The normalized spacial score (nSPS) is 19.4. The van der Waals surface area contributed by atoms with Crippen molar-refractivity contribution >= 4 is 39.1 Å². The first-order chi connectivity index (χ1) is 14.7. The quantitative estimate of drug-likeness (QED) is 0.754. The van der Waals surface area contributed by atoms with Gasteiger partial charge in [0.05, 0.1) is 10.6 Å². The van der Waals surface area contributed by atoms with Crippen molar-refractivity contribution in [1.29, 1.82) is 0 Å². The summed E-state index contributed by atoms with van der Waals surface area (Å²) in [6.45, 7) is 4.22. The molecule has 31 heavy (non-hydrogen) atoms. The van der Waals surface area contributed by atoms with E-state index in [4.69, 9.17) is 16.3 Å². The van der Waals surface area contributed by atoms with Crippen molar-refractivity contribution in [3.63, 3.8) is 0 Å². The van der Waals surface area contributed by atoms with Gasteiger partial charge in [-0.25, -0.2) is 8.42 Å². The van der Waals surface area contributed by atoms with E-state index in [0.717, 1.165) is 0 Å². The van der Waals surface area contributed by atoms with Gasteiger partial charge in [0, 0.05) is 42.8 Å². The molecule has 0 unspecified atom stereocenters. The van der Waals surface area contributed by atoms with Crippen LogP contribution in [-0.4, -0.2) is 61.7 Å². The molecule has 0 radical (unpaired) electrons. The highest BCUT2D eigenvalue weighted by atomic mass is 35.5. The molecule has 0 saturated carbocycles. The molecular weight excluding hydrogens is 442 g/mol. The van der Waals surface area contributed by atoms with Crippen molar-refractivity contribution in [3.05, 3.63) is 52.5 Å². The Morgan fingerprint density at radius 1 is 1.13 bits per heavy atom. The zero-order chi connectivity index (χ0) is 22.3. The zero-order valence-electron chi connectivity index (χ0n) is 17.1. The van der Waals surface area contributed by atoms with Crippen molar-refractivity contribution in [2.24, 2.45) is 0 Å². The molecule has 2 aromatic rings. The monoisotopic (exact) mass is 463 g/mol. The topological polar surface area (TPSA) is 96.0 Å². The van der Waals surface area contributed by atoms with E-state index >= 15 is 0 Å². The third-order valence-corrected chi connectivity index (χ3v) is 7.74. The minimum absolute atomic E-state index is 0.132. The van der Waals surface area contributed by atoms with Crippen LogP contribution in [0, 0.1) is 6.92 Å². The van der Waals surface area contributed by atoms with Crippen LogP contribution >= 0.6 is 11.6 Å². The summed E-state index contributed by atoms with van der Waals surface area (Å²) in [5, 5.41) is 3.27. The van der Waals surface area contributed by atoms with Crippen LogP contribution in [0.25, 0.3) is 0 Å². The first-order valence-corrected chi connectivity index (χ1v) is 11.7. The number of piperazine rings is 1. The molecule has 1 atom stereocenters. The van der Waals surface area contributed by atoms with Crippen LogP contribution < -0.4 is 10.1 Å². The van der Waals surface area contributed by atoms with Gasteiger partial charge in [0.25, 0.3) is 11.8 Å². The number of nitrogens with zero attached hydrogens (tertiary/aromatic N) is 2. The third-order valence-electron chi connectivity index (χ3n) is 5.44. The van der Waals surface area contributed by atoms with Gasteiger partial charge in [-0.3, -0.25) is 9.59 Å². The van der Waals surface area contributed by atoms with Crippen LogP contribution in [-0.2, 0) is 14.8 Å². The van der Waals surface area contributed by atoms with E-state index in [1.54, 1.807) is 49.1 Å². The molecular formula is C21H22ClN3O5S. The van der Waals surface area contributed by atoms with E-state index < -0.39 is 16.1 Å². The minimum atomic E-state index is -3.79. The lowest BCUT2D eigenvalue weighted by Gasteiger charge is -2.34. The number of hydrogen-bond donors (Lipinski definition) is 1. The lowest BCUT2D eigenvalue weighted by atomic mass is 10.1.